The van der Waals surface area contributed by atoms with Crippen molar-refractivity contribution < 1.29 is 0 Å². The lowest BCUT2D eigenvalue weighted by atomic mass is 10.2. The van der Waals surface area contributed by atoms with Crippen molar-refractivity contribution in [1.29, 1.82) is 0 Å². The maximum Gasteiger partial charge on any atom is 0.282 e. The van der Waals surface area contributed by atoms with Crippen molar-refractivity contribution in [2.24, 2.45) is 0 Å². The predicted octanol–water partition coefficient (Wildman–Crippen LogP) is 4.28. The van der Waals surface area contributed by atoms with Gasteiger partial charge in [0, 0.05) is 44.6 Å². The number of anilines is 2. The van der Waals surface area contributed by atoms with E-state index in [1.165, 1.54) is 16.4 Å². The minimum Gasteiger partial charge on any atom is -0.324 e. The van der Waals surface area contributed by atoms with Crippen LogP contribution in [-0.4, -0.2) is 62.8 Å². The lowest BCUT2D eigenvalue weighted by Gasteiger charge is -2.32. The fourth-order valence-corrected chi connectivity index (χ4v) is 4.72. The van der Waals surface area contributed by atoms with E-state index in [-0.39, 0.29) is 5.56 Å². The molecule has 1 saturated heterocycles. The Morgan fingerprint density at radius 3 is 2.37 bits per heavy atom. The van der Waals surface area contributed by atoms with E-state index < -0.39 is 0 Å². The van der Waals surface area contributed by atoms with E-state index in [1.807, 2.05) is 12.1 Å². The van der Waals surface area contributed by atoms with E-state index in [9.17, 15) is 4.79 Å². The highest BCUT2D eigenvalue weighted by molar-refractivity contribution is 6.37. The average molecular weight is 510 g/mol. The van der Waals surface area contributed by atoms with Gasteiger partial charge in [-0.05, 0) is 43.8 Å². The zero-order valence-electron chi connectivity index (χ0n) is 19.5. The van der Waals surface area contributed by atoms with E-state index in [0.29, 0.717) is 38.3 Å². The molecule has 0 aliphatic carbocycles. The van der Waals surface area contributed by atoms with E-state index in [4.69, 9.17) is 23.2 Å². The van der Waals surface area contributed by atoms with Crippen LogP contribution in [0.1, 0.15) is 11.3 Å². The Morgan fingerprint density at radius 2 is 1.69 bits per heavy atom. The summed E-state index contributed by atoms with van der Waals surface area (Å²) in [5.74, 6) is 0.391. The summed E-state index contributed by atoms with van der Waals surface area (Å²) < 4.78 is 1.21. The van der Waals surface area contributed by atoms with Gasteiger partial charge in [0.15, 0.2) is 0 Å². The van der Waals surface area contributed by atoms with Gasteiger partial charge in [-0.1, -0.05) is 41.4 Å². The lowest BCUT2D eigenvalue weighted by molar-refractivity contribution is 0.148. The predicted molar refractivity (Wildman–Crippen MR) is 140 cm³/mol. The second-order valence-electron chi connectivity index (χ2n) is 8.73. The second kappa shape index (κ2) is 9.91. The highest BCUT2D eigenvalue weighted by atomic mass is 35.5. The van der Waals surface area contributed by atoms with Gasteiger partial charge in [0.25, 0.3) is 5.56 Å². The Balaban J connectivity index is 1.37. The fraction of sp³-hybridized carbons (Fsp3) is 0.280. The molecular formula is C25H25Cl2N7O. The molecule has 0 amide bonds. The molecular weight excluding hydrogens is 485 g/mol. The highest BCUT2D eigenvalue weighted by Gasteiger charge is 2.17. The molecule has 35 heavy (non-hydrogen) atoms. The van der Waals surface area contributed by atoms with Crippen LogP contribution >= 0.6 is 23.2 Å². The van der Waals surface area contributed by atoms with Crippen LogP contribution in [0.2, 0.25) is 10.0 Å². The normalized spacial score (nSPS) is 15.0. The van der Waals surface area contributed by atoms with Gasteiger partial charge in [0.2, 0.25) is 5.95 Å². The first kappa shape index (κ1) is 23.7. The first-order valence-corrected chi connectivity index (χ1v) is 12.1. The molecule has 0 bridgehead atoms. The number of aromatic nitrogens is 4. The number of piperazine rings is 1. The third-order valence-corrected chi connectivity index (χ3v) is 6.78. The largest absolute Gasteiger partial charge is 0.324 e. The van der Waals surface area contributed by atoms with E-state index in [0.717, 1.165) is 38.4 Å². The van der Waals surface area contributed by atoms with Gasteiger partial charge in [-0.2, -0.15) is 9.78 Å². The summed E-state index contributed by atoms with van der Waals surface area (Å²) >= 11 is 12.6. The minimum atomic E-state index is -0.389. The molecule has 0 unspecified atom stereocenters. The van der Waals surface area contributed by atoms with E-state index in [2.05, 4.69) is 49.4 Å². The van der Waals surface area contributed by atoms with Gasteiger partial charge < -0.3 is 10.2 Å². The number of halogens is 2. The zero-order chi connectivity index (χ0) is 24.5. The van der Waals surface area contributed by atoms with Crippen molar-refractivity contribution in [3.8, 4) is 5.69 Å². The van der Waals surface area contributed by atoms with Crippen molar-refractivity contribution in [3.63, 3.8) is 0 Å². The number of aryl methyl sites for hydroxylation is 1. The molecule has 0 spiro atoms. The number of benzene rings is 2. The standard InChI is InChI=1S/C25H25Cl2N7O/c1-16-22-19(24(35)34(31-16)23-20(26)4-3-5-21(23)27)14-28-25(30-22)29-18-8-6-17(7-9-18)15-33-12-10-32(2)11-13-33/h3-9,14H,10-13,15H2,1-2H3,(H,28,29,30). The number of hydrogen-bond donors (Lipinski definition) is 1. The molecule has 2 aromatic carbocycles. The molecule has 0 saturated carbocycles. The summed E-state index contributed by atoms with van der Waals surface area (Å²) in [5, 5.41) is 8.65. The SMILES string of the molecule is Cc1nn(-c2c(Cl)cccc2Cl)c(=O)c2cnc(Nc3ccc(CN4CCN(C)CC4)cc3)nc12. The first-order chi connectivity index (χ1) is 16.9. The smallest absolute Gasteiger partial charge is 0.282 e. The van der Waals surface area contributed by atoms with Crippen LogP contribution in [0.3, 0.4) is 0 Å². The summed E-state index contributed by atoms with van der Waals surface area (Å²) in [7, 11) is 2.16. The molecule has 180 valence electrons. The molecule has 1 N–H and O–H groups in total. The van der Waals surface area contributed by atoms with Crippen LogP contribution in [0.5, 0.6) is 0 Å². The number of hydrogen-bond acceptors (Lipinski definition) is 7. The molecule has 10 heteroatoms. The molecule has 0 radical (unpaired) electrons. The van der Waals surface area contributed by atoms with Crippen molar-refractivity contribution in [2.45, 2.75) is 13.5 Å². The van der Waals surface area contributed by atoms with E-state index in [1.54, 1.807) is 25.1 Å². The second-order valence-corrected chi connectivity index (χ2v) is 9.54. The number of rotatable bonds is 5. The van der Waals surface area contributed by atoms with Crippen molar-refractivity contribution in [1.82, 2.24) is 29.5 Å². The number of nitrogens with one attached hydrogen (secondary N) is 1. The van der Waals surface area contributed by atoms with Crippen molar-refractivity contribution >= 4 is 45.7 Å². The topological polar surface area (TPSA) is 79.2 Å². The van der Waals surface area contributed by atoms with Gasteiger partial charge in [-0.25, -0.2) is 9.97 Å². The lowest BCUT2D eigenvalue weighted by Crippen LogP contribution is -2.43. The van der Waals surface area contributed by atoms with Crippen molar-refractivity contribution in [3.05, 3.63) is 80.3 Å². The third-order valence-electron chi connectivity index (χ3n) is 6.17. The summed E-state index contributed by atoms with van der Waals surface area (Å²) in [6.07, 6.45) is 1.50. The van der Waals surface area contributed by atoms with Crippen LogP contribution in [0.4, 0.5) is 11.6 Å². The summed E-state index contributed by atoms with van der Waals surface area (Å²) in [4.78, 5) is 26.9. The zero-order valence-corrected chi connectivity index (χ0v) is 21.0. The van der Waals surface area contributed by atoms with Gasteiger partial charge in [-0.15, -0.1) is 0 Å². The van der Waals surface area contributed by atoms with Crippen LogP contribution < -0.4 is 10.9 Å². The molecule has 2 aromatic heterocycles. The molecule has 8 nitrogen and oxygen atoms in total. The molecule has 3 heterocycles. The van der Waals surface area contributed by atoms with Crippen LogP contribution in [0.15, 0.2) is 53.5 Å². The van der Waals surface area contributed by atoms with Gasteiger partial charge in [0.1, 0.15) is 11.2 Å². The molecule has 0 atom stereocenters. The molecule has 1 aliphatic heterocycles. The summed E-state index contributed by atoms with van der Waals surface area (Å²) in [6.45, 7) is 7.09. The third kappa shape index (κ3) is 5.01. The number of fused-ring (bicyclic) bond motifs is 1. The fourth-order valence-electron chi connectivity index (χ4n) is 4.16. The molecule has 1 aliphatic rings. The maximum atomic E-state index is 13.2. The van der Waals surface area contributed by atoms with Gasteiger partial charge in [0.05, 0.1) is 21.1 Å². The van der Waals surface area contributed by atoms with E-state index >= 15 is 0 Å². The molecule has 4 aromatic rings. The van der Waals surface area contributed by atoms with Gasteiger partial charge in [-0.3, -0.25) is 9.69 Å². The van der Waals surface area contributed by atoms with Crippen LogP contribution in [-0.2, 0) is 6.54 Å². The van der Waals surface area contributed by atoms with Crippen molar-refractivity contribution in [2.75, 3.05) is 38.5 Å². The van der Waals surface area contributed by atoms with Gasteiger partial charge >= 0.3 is 0 Å². The Kier molecular flexibility index (Phi) is 6.71. The highest BCUT2D eigenvalue weighted by Crippen LogP contribution is 2.27. The first-order valence-electron chi connectivity index (χ1n) is 11.4. The number of likely N-dealkylation sites (N-methyl/N-ethyl adjacent to an activating group) is 1. The summed E-state index contributed by atoms with van der Waals surface area (Å²) in [5.41, 5.74) is 3.11. The van der Waals surface area contributed by atoms with Crippen LogP contribution in [0, 0.1) is 6.92 Å². The van der Waals surface area contributed by atoms with Crippen LogP contribution in [0.25, 0.3) is 16.6 Å². The quantitative estimate of drug-likeness (QED) is 0.429. The Labute approximate surface area is 213 Å². The monoisotopic (exact) mass is 509 g/mol. The Bertz CT molecular complexity index is 1410. The summed E-state index contributed by atoms with van der Waals surface area (Å²) in [6, 6.07) is 13.3. The number of nitrogens with zero attached hydrogens (tertiary/aromatic N) is 6. The molecule has 1 fully saturated rings. The Morgan fingerprint density at radius 1 is 1.00 bits per heavy atom. The Hall–Kier alpha value is -3.04. The minimum absolute atomic E-state index is 0.334. The average Bonchev–Trinajstić information content (AvgIpc) is 2.85. The number of para-hydroxylation sites is 1. The maximum absolute atomic E-state index is 13.2. The molecule has 5 rings (SSSR count).